The molecule has 0 saturated heterocycles. The van der Waals surface area contributed by atoms with Crippen molar-refractivity contribution in [3.05, 3.63) is 42.0 Å². The van der Waals surface area contributed by atoms with Crippen molar-refractivity contribution in [3.63, 3.8) is 0 Å². The van der Waals surface area contributed by atoms with Gasteiger partial charge in [0.25, 0.3) is 5.91 Å². The smallest absolute Gasteiger partial charge is 0.309 e. The Morgan fingerprint density at radius 1 is 1.16 bits per heavy atom. The maximum atomic E-state index is 12.2. The Hall–Kier alpha value is -2.56. The van der Waals surface area contributed by atoms with Crippen LogP contribution in [0.5, 0.6) is 5.75 Å². The molecule has 0 unspecified atom stereocenters. The lowest BCUT2D eigenvalue weighted by Crippen LogP contribution is -2.31. The molecular formula is C20H23NO4. The molecule has 0 N–H and O–H groups in total. The summed E-state index contributed by atoms with van der Waals surface area (Å²) in [6.07, 6.45) is 0.866. The SMILES string of the molecule is COc1ccc2cc(CN(C)C(=O)COC(=O)[C@H]3C[C@H]3C)ccc2c1. The Bertz CT molecular complexity index is 801. The summed E-state index contributed by atoms with van der Waals surface area (Å²) in [6.45, 7) is 2.29. The highest BCUT2D eigenvalue weighted by molar-refractivity contribution is 5.85. The average molecular weight is 341 g/mol. The van der Waals surface area contributed by atoms with Crippen LogP contribution < -0.4 is 4.74 Å². The van der Waals surface area contributed by atoms with Crippen LogP contribution in [0.4, 0.5) is 0 Å². The van der Waals surface area contributed by atoms with Gasteiger partial charge in [-0.25, -0.2) is 0 Å². The first-order chi connectivity index (χ1) is 12.0. The van der Waals surface area contributed by atoms with Crippen LogP contribution in [0.25, 0.3) is 10.8 Å². The van der Waals surface area contributed by atoms with E-state index in [-0.39, 0.29) is 24.4 Å². The van der Waals surface area contributed by atoms with E-state index in [2.05, 4.69) is 6.07 Å². The topological polar surface area (TPSA) is 55.8 Å². The zero-order chi connectivity index (χ0) is 18.0. The normalized spacial score (nSPS) is 18.7. The number of methoxy groups -OCH3 is 1. The van der Waals surface area contributed by atoms with E-state index < -0.39 is 0 Å². The van der Waals surface area contributed by atoms with Gasteiger partial charge in [0.05, 0.1) is 13.0 Å². The summed E-state index contributed by atoms with van der Waals surface area (Å²) in [7, 11) is 3.36. The molecule has 0 heterocycles. The van der Waals surface area contributed by atoms with Gasteiger partial charge in [-0.05, 0) is 46.9 Å². The predicted octanol–water partition coefficient (Wildman–Crippen LogP) is 3.01. The molecule has 1 aliphatic carbocycles. The Morgan fingerprint density at radius 2 is 1.84 bits per heavy atom. The van der Waals surface area contributed by atoms with Crippen LogP contribution in [-0.4, -0.2) is 37.5 Å². The Balaban J connectivity index is 1.58. The summed E-state index contributed by atoms with van der Waals surface area (Å²) in [6, 6.07) is 11.9. The lowest BCUT2D eigenvalue weighted by molar-refractivity contribution is -0.153. The van der Waals surface area contributed by atoms with Crippen molar-refractivity contribution >= 4 is 22.6 Å². The van der Waals surface area contributed by atoms with Crippen molar-refractivity contribution in [2.45, 2.75) is 19.9 Å². The van der Waals surface area contributed by atoms with Gasteiger partial charge in [0.15, 0.2) is 6.61 Å². The summed E-state index contributed by atoms with van der Waals surface area (Å²) in [5, 5.41) is 2.18. The molecule has 0 spiro atoms. The average Bonchev–Trinajstić information content (AvgIpc) is 3.35. The van der Waals surface area contributed by atoms with E-state index in [1.54, 1.807) is 19.1 Å². The second kappa shape index (κ2) is 7.13. The van der Waals surface area contributed by atoms with Crippen LogP contribution >= 0.6 is 0 Å². The van der Waals surface area contributed by atoms with Gasteiger partial charge in [-0.2, -0.15) is 0 Å². The van der Waals surface area contributed by atoms with Crippen LogP contribution in [0.1, 0.15) is 18.9 Å². The number of rotatable bonds is 6. The van der Waals surface area contributed by atoms with Gasteiger partial charge in [-0.3, -0.25) is 9.59 Å². The molecule has 2 aromatic carbocycles. The van der Waals surface area contributed by atoms with E-state index in [0.717, 1.165) is 28.5 Å². The van der Waals surface area contributed by atoms with Crippen LogP contribution in [0.2, 0.25) is 0 Å². The van der Waals surface area contributed by atoms with E-state index >= 15 is 0 Å². The third-order valence-corrected chi connectivity index (χ3v) is 4.71. The fourth-order valence-electron chi connectivity index (χ4n) is 2.86. The number of hydrogen-bond acceptors (Lipinski definition) is 4. The van der Waals surface area contributed by atoms with Crippen molar-refractivity contribution in [2.24, 2.45) is 11.8 Å². The molecule has 25 heavy (non-hydrogen) atoms. The van der Waals surface area contributed by atoms with E-state index in [0.29, 0.717) is 12.5 Å². The zero-order valence-corrected chi connectivity index (χ0v) is 14.8. The van der Waals surface area contributed by atoms with Gasteiger partial charge in [-0.1, -0.05) is 25.1 Å². The molecule has 3 rings (SSSR count). The lowest BCUT2D eigenvalue weighted by atomic mass is 10.1. The van der Waals surface area contributed by atoms with Crippen molar-refractivity contribution < 1.29 is 19.1 Å². The molecule has 0 bridgehead atoms. The van der Waals surface area contributed by atoms with Crippen LogP contribution in [0.3, 0.4) is 0 Å². The molecule has 0 aromatic heterocycles. The van der Waals surface area contributed by atoms with Gasteiger partial charge in [-0.15, -0.1) is 0 Å². The minimum Gasteiger partial charge on any atom is -0.497 e. The summed E-state index contributed by atoms with van der Waals surface area (Å²) < 4.78 is 10.3. The van der Waals surface area contributed by atoms with E-state index in [1.807, 2.05) is 37.3 Å². The highest BCUT2D eigenvalue weighted by Gasteiger charge is 2.40. The number of fused-ring (bicyclic) bond motifs is 1. The number of esters is 1. The second-order valence-electron chi connectivity index (χ2n) is 6.72. The summed E-state index contributed by atoms with van der Waals surface area (Å²) >= 11 is 0. The molecule has 5 nitrogen and oxygen atoms in total. The van der Waals surface area contributed by atoms with Gasteiger partial charge in [0, 0.05) is 13.6 Å². The van der Waals surface area contributed by atoms with Crippen molar-refractivity contribution in [1.82, 2.24) is 4.90 Å². The molecule has 0 radical (unpaired) electrons. The van der Waals surface area contributed by atoms with E-state index in [1.165, 1.54) is 0 Å². The fourth-order valence-corrected chi connectivity index (χ4v) is 2.86. The van der Waals surface area contributed by atoms with Crippen LogP contribution in [0.15, 0.2) is 36.4 Å². The van der Waals surface area contributed by atoms with Crippen molar-refractivity contribution in [1.29, 1.82) is 0 Å². The van der Waals surface area contributed by atoms with E-state index in [9.17, 15) is 9.59 Å². The number of carbonyl (C=O) groups is 2. The first kappa shape index (κ1) is 17.3. The zero-order valence-electron chi connectivity index (χ0n) is 14.8. The predicted molar refractivity (Wildman–Crippen MR) is 95.2 cm³/mol. The minimum absolute atomic E-state index is 0.0180. The van der Waals surface area contributed by atoms with Crippen molar-refractivity contribution in [2.75, 3.05) is 20.8 Å². The number of likely N-dealkylation sites (N-methyl/N-ethyl adjacent to an activating group) is 1. The molecule has 2 atom stereocenters. The molecule has 1 saturated carbocycles. The molecule has 132 valence electrons. The van der Waals surface area contributed by atoms with Gasteiger partial charge < -0.3 is 14.4 Å². The molecule has 1 fully saturated rings. The summed E-state index contributed by atoms with van der Waals surface area (Å²) in [5.74, 6) is 0.733. The molecular weight excluding hydrogens is 318 g/mol. The quantitative estimate of drug-likeness (QED) is 0.758. The third kappa shape index (κ3) is 4.10. The Kier molecular flexibility index (Phi) is 4.93. The summed E-state index contributed by atoms with van der Waals surface area (Å²) in [4.78, 5) is 25.4. The van der Waals surface area contributed by atoms with Crippen molar-refractivity contribution in [3.8, 4) is 5.75 Å². The number of ether oxygens (including phenoxy) is 2. The number of hydrogen-bond donors (Lipinski definition) is 0. The largest absolute Gasteiger partial charge is 0.497 e. The van der Waals surface area contributed by atoms with Crippen LogP contribution in [-0.2, 0) is 20.9 Å². The maximum Gasteiger partial charge on any atom is 0.309 e. The minimum atomic E-state index is -0.256. The fraction of sp³-hybridized carbons (Fsp3) is 0.400. The van der Waals surface area contributed by atoms with Gasteiger partial charge >= 0.3 is 5.97 Å². The number of nitrogens with zero attached hydrogens (tertiary/aromatic N) is 1. The van der Waals surface area contributed by atoms with Gasteiger partial charge in [0.2, 0.25) is 0 Å². The molecule has 5 heteroatoms. The molecule has 0 aliphatic heterocycles. The highest BCUT2D eigenvalue weighted by Crippen LogP contribution is 2.38. The Labute approximate surface area is 147 Å². The first-order valence-corrected chi connectivity index (χ1v) is 8.45. The molecule has 1 amide bonds. The molecule has 2 aromatic rings. The number of amides is 1. The second-order valence-corrected chi connectivity index (χ2v) is 6.72. The third-order valence-electron chi connectivity index (χ3n) is 4.71. The summed E-state index contributed by atoms with van der Waals surface area (Å²) in [5.41, 5.74) is 1.02. The number of benzene rings is 2. The Morgan fingerprint density at radius 3 is 2.52 bits per heavy atom. The standard InChI is InChI=1S/C20H23NO4/c1-13-8-18(13)20(23)25-12-19(22)21(2)11-14-4-5-16-10-17(24-3)7-6-15(16)9-14/h4-7,9-10,13,18H,8,11-12H2,1-3H3/t13-,18+/m1/s1. The van der Waals surface area contributed by atoms with E-state index in [4.69, 9.17) is 9.47 Å². The maximum absolute atomic E-state index is 12.2. The highest BCUT2D eigenvalue weighted by atomic mass is 16.5. The van der Waals surface area contributed by atoms with Crippen LogP contribution in [0, 0.1) is 11.8 Å². The first-order valence-electron chi connectivity index (χ1n) is 8.45. The lowest BCUT2D eigenvalue weighted by Gasteiger charge is -2.17. The monoisotopic (exact) mass is 341 g/mol. The molecule has 1 aliphatic rings. The number of carbonyl (C=O) groups excluding carboxylic acids is 2. The van der Waals surface area contributed by atoms with Gasteiger partial charge in [0.1, 0.15) is 5.75 Å².